The Labute approximate surface area is 97.0 Å². The van der Waals surface area contributed by atoms with Crippen LogP contribution in [0.1, 0.15) is 25.3 Å². The van der Waals surface area contributed by atoms with Crippen molar-refractivity contribution in [1.29, 1.82) is 0 Å². The Morgan fingerprint density at radius 3 is 2.75 bits per heavy atom. The van der Waals surface area contributed by atoms with Gasteiger partial charge in [0.2, 0.25) is 0 Å². The van der Waals surface area contributed by atoms with Crippen molar-refractivity contribution >= 4 is 11.5 Å². The maximum absolute atomic E-state index is 4.48. The number of nitrogens with zero attached hydrogens (tertiary/aromatic N) is 1. The predicted octanol–water partition coefficient (Wildman–Crippen LogP) is 2.25. The largest absolute Gasteiger partial charge is 0.385 e. The summed E-state index contributed by atoms with van der Waals surface area (Å²) in [4.78, 5) is 4.48. The number of anilines is 1. The standard InChI is InChI=1S/C13H19N3/c1-2-8-14-12-6-4-11(5-7-12)13-15-9-3-10-16-13/h4-7,14H,2-3,8-10H2,1H3,(H,15,16). The Morgan fingerprint density at radius 2 is 2.12 bits per heavy atom. The molecule has 1 aliphatic rings. The van der Waals surface area contributed by atoms with E-state index >= 15 is 0 Å². The van der Waals surface area contributed by atoms with Crippen LogP contribution in [0.3, 0.4) is 0 Å². The minimum absolute atomic E-state index is 0.943. The van der Waals surface area contributed by atoms with Gasteiger partial charge in [0, 0.05) is 30.9 Å². The fraction of sp³-hybridized carbons (Fsp3) is 0.462. The second kappa shape index (κ2) is 5.54. The summed E-state index contributed by atoms with van der Waals surface area (Å²) in [6.45, 7) is 5.17. The molecule has 0 radical (unpaired) electrons. The van der Waals surface area contributed by atoms with Crippen molar-refractivity contribution in [3.63, 3.8) is 0 Å². The molecule has 3 heteroatoms. The van der Waals surface area contributed by atoms with Crippen LogP contribution in [0.15, 0.2) is 29.3 Å². The third-order valence-corrected chi connectivity index (χ3v) is 2.63. The van der Waals surface area contributed by atoms with E-state index in [1.54, 1.807) is 0 Å². The third kappa shape index (κ3) is 2.75. The van der Waals surface area contributed by atoms with Crippen LogP contribution < -0.4 is 10.6 Å². The zero-order chi connectivity index (χ0) is 11.2. The molecule has 0 bridgehead atoms. The van der Waals surface area contributed by atoms with E-state index in [0.29, 0.717) is 0 Å². The quantitative estimate of drug-likeness (QED) is 0.811. The summed E-state index contributed by atoms with van der Waals surface area (Å²) >= 11 is 0. The van der Waals surface area contributed by atoms with Gasteiger partial charge < -0.3 is 10.6 Å². The molecule has 0 unspecified atom stereocenters. The molecule has 0 aliphatic carbocycles. The average Bonchev–Trinajstić information content (AvgIpc) is 2.38. The molecule has 16 heavy (non-hydrogen) atoms. The van der Waals surface area contributed by atoms with Crippen molar-refractivity contribution in [2.24, 2.45) is 4.99 Å². The van der Waals surface area contributed by atoms with Crippen molar-refractivity contribution in [2.45, 2.75) is 19.8 Å². The summed E-state index contributed by atoms with van der Waals surface area (Å²) in [5.74, 6) is 1.04. The topological polar surface area (TPSA) is 36.4 Å². The molecule has 0 spiro atoms. The molecule has 0 atom stereocenters. The van der Waals surface area contributed by atoms with Crippen molar-refractivity contribution in [3.05, 3.63) is 29.8 Å². The number of benzene rings is 1. The van der Waals surface area contributed by atoms with Crippen LogP contribution in [0, 0.1) is 0 Å². The molecule has 3 nitrogen and oxygen atoms in total. The smallest absolute Gasteiger partial charge is 0.128 e. The lowest BCUT2D eigenvalue weighted by atomic mass is 10.1. The molecule has 2 N–H and O–H groups in total. The van der Waals surface area contributed by atoms with Crippen LogP contribution >= 0.6 is 0 Å². The molecule has 0 aromatic heterocycles. The van der Waals surface area contributed by atoms with Crippen molar-refractivity contribution in [1.82, 2.24) is 5.32 Å². The molecule has 0 saturated heterocycles. The van der Waals surface area contributed by atoms with Gasteiger partial charge >= 0.3 is 0 Å². The Bertz CT molecular complexity index is 354. The van der Waals surface area contributed by atoms with Crippen LogP contribution in [-0.2, 0) is 0 Å². The molecular formula is C13H19N3. The SMILES string of the molecule is CCCNc1ccc(C2=NCCCN2)cc1. The van der Waals surface area contributed by atoms with Gasteiger partial charge in [-0.3, -0.25) is 4.99 Å². The lowest BCUT2D eigenvalue weighted by Crippen LogP contribution is -2.30. The molecule has 0 amide bonds. The molecule has 0 saturated carbocycles. The number of rotatable bonds is 4. The van der Waals surface area contributed by atoms with Crippen LogP contribution in [0.5, 0.6) is 0 Å². The first kappa shape index (κ1) is 11.0. The van der Waals surface area contributed by atoms with Crippen LogP contribution in [0.25, 0.3) is 0 Å². The summed E-state index contributed by atoms with van der Waals surface area (Å²) < 4.78 is 0. The van der Waals surface area contributed by atoms with Gasteiger partial charge in [-0.15, -0.1) is 0 Å². The monoisotopic (exact) mass is 217 g/mol. The Balaban J connectivity index is 2.03. The average molecular weight is 217 g/mol. The maximum Gasteiger partial charge on any atom is 0.128 e. The molecule has 1 aromatic carbocycles. The normalized spacial score (nSPS) is 15.2. The molecular weight excluding hydrogens is 198 g/mol. The van der Waals surface area contributed by atoms with Crippen molar-refractivity contribution < 1.29 is 0 Å². The van der Waals surface area contributed by atoms with Crippen molar-refractivity contribution in [2.75, 3.05) is 25.0 Å². The highest BCUT2D eigenvalue weighted by Gasteiger charge is 2.05. The lowest BCUT2D eigenvalue weighted by molar-refractivity contribution is 0.742. The number of nitrogens with one attached hydrogen (secondary N) is 2. The summed E-state index contributed by atoms with van der Waals surface area (Å²) in [5, 5.41) is 6.69. The molecule has 0 fully saturated rings. The summed E-state index contributed by atoms with van der Waals surface area (Å²) in [7, 11) is 0. The second-order valence-corrected chi connectivity index (χ2v) is 4.01. The van der Waals surface area contributed by atoms with Crippen LogP contribution in [-0.4, -0.2) is 25.5 Å². The van der Waals surface area contributed by atoms with E-state index in [1.165, 1.54) is 11.3 Å². The minimum Gasteiger partial charge on any atom is -0.385 e. The second-order valence-electron chi connectivity index (χ2n) is 4.01. The Morgan fingerprint density at radius 1 is 1.31 bits per heavy atom. The molecule has 2 rings (SSSR count). The fourth-order valence-electron chi connectivity index (χ4n) is 1.74. The molecule has 86 valence electrons. The molecule has 1 aliphatic heterocycles. The highest BCUT2D eigenvalue weighted by atomic mass is 15.0. The molecule has 1 aromatic rings. The lowest BCUT2D eigenvalue weighted by Gasteiger charge is -2.15. The number of aliphatic imine (C=N–C) groups is 1. The van der Waals surface area contributed by atoms with E-state index in [0.717, 1.165) is 38.3 Å². The van der Waals surface area contributed by atoms with E-state index in [1.807, 2.05) is 0 Å². The number of hydrogen-bond donors (Lipinski definition) is 2. The number of amidine groups is 1. The van der Waals surface area contributed by atoms with Gasteiger partial charge in [0.1, 0.15) is 5.84 Å². The molecule has 1 heterocycles. The van der Waals surface area contributed by atoms with E-state index in [4.69, 9.17) is 0 Å². The van der Waals surface area contributed by atoms with E-state index in [9.17, 15) is 0 Å². The Kier molecular flexibility index (Phi) is 3.81. The van der Waals surface area contributed by atoms with E-state index in [-0.39, 0.29) is 0 Å². The van der Waals surface area contributed by atoms with Gasteiger partial charge in [-0.05, 0) is 37.1 Å². The Hall–Kier alpha value is -1.51. The predicted molar refractivity (Wildman–Crippen MR) is 69.2 cm³/mol. The minimum atomic E-state index is 0.943. The first-order valence-electron chi connectivity index (χ1n) is 6.03. The van der Waals surface area contributed by atoms with Gasteiger partial charge in [-0.25, -0.2) is 0 Å². The summed E-state index contributed by atoms with van der Waals surface area (Å²) in [6, 6.07) is 8.47. The van der Waals surface area contributed by atoms with Crippen LogP contribution in [0.2, 0.25) is 0 Å². The van der Waals surface area contributed by atoms with Gasteiger partial charge in [0.05, 0.1) is 0 Å². The zero-order valence-corrected chi connectivity index (χ0v) is 9.79. The van der Waals surface area contributed by atoms with E-state index in [2.05, 4.69) is 46.8 Å². The fourth-order valence-corrected chi connectivity index (χ4v) is 1.74. The summed E-state index contributed by atoms with van der Waals surface area (Å²) in [6.07, 6.45) is 2.29. The van der Waals surface area contributed by atoms with Gasteiger partial charge in [-0.1, -0.05) is 6.92 Å². The first-order valence-corrected chi connectivity index (χ1v) is 6.03. The third-order valence-electron chi connectivity index (χ3n) is 2.63. The van der Waals surface area contributed by atoms with Gasteiger partial charge in [0.25, 0.3) is 0 Å². The van der Waals surface area contributed by atoms with Gasteiger partial charge in [0.15, 0.2) is 0 Å². The zero-order valence-electron chi connectivity index (χ0n) is 9.79. The van der Waals surface area contributed by atoms with Crippen LogP contribution in [0.4, 0.5) is 5.69 Å². The van der Waals surface area contributed by atoms with Crippen molar-refractivity contribution in [3.8, 4) is 0 Å². The highest BCUT2D eigenvalue weighted by Crippen LogP contribution is 2.10. The van der Waals surface area contributed by atoms with E-state index < -0.39 is 0 Å². The summed E-state index contributed by atoms with van der Waals surface area (Å²) in [5.41, 5.74) is 2.36. The number of hydrogen-bond acceptors (Lipinski definition) is 3. The van der Waals surface area contributed by atoms with Gasteiger partial charge in [-0.2, -0.15) is 0 Å². The first-order chi connectivity index (χ1) is 7.90. The highest BCUT2D eigenvalue weighted by molar-refractivity contribution is 5.99. The maximum atomic E-state index is 4.48.